The summed E-state index contributed by atoms with van der Waals surface area (Å²) in [6, 6.07) is 13.1. The van der Waals surface area contributed by atoms with Gasteiger partial charge in [-0.1, -0.05) is 24.3 Å². The van der Waals surface area contributed by atoms with Gasteiger partial charge in [0.1, 0.15) is 0 Å². The number of rotatable bonds is 4. The van der Waals surface area contributed by atoms with E-state index in [4.69, 9.17) is 0 Å². The van der Waals surface area contributed by atoms with E-state index in [0.29, 0.717) is 0 Å². The van der Waals surface area contributed by atoms with Gasteiger partial charge in [0.15, 0.2) is 0 Å². The van der Waals surface area contributed by atoms with Crippen LogP contribution in [0, 0.1) is 0 Å². The second-order valence-electron chi connectivity index (χ2n) is 5.70. The molecule has 1 atom stereocenters. The number of fused-ring (bicyclic) bond motifs is 1. The van der Waals surface area contributed by atoms with Gasteiger partial charge >= 0.3 is 0 Å². The molecule has 1 unspecified atom stereocenters. The van der Waals surface area contributed by atoms with Crippen molar-refractivity contribution in [2.45, 2.75) is 19.4 Å². The predicted octanol–water partition coefficient (Wildman–Crippen LogP) is 4.69. The van der Waals surface area contributed by atoms with E-state index in [2.05, 4.69) is 63.2 Å². The maximum absolute atomic E-state index is 4.66. The number of thiophene rings is 1. The van der Waals surface area contributed by atoms with Crippen molar-refractivity contribution >= 4 is 21.4 Å². The average molecular weight is 319 g/mol. The minimum atomic E-state index is 0.251. The minimum absolute atomic E-state index is 0.251. The summed E-state index contributed by atoms with van der Waals surface area (Å²) in [7, 11) is 0. The van der Waals surface area contributed by atoms with E-state index >= 15 is 0 Å². The van der Waals surface area contributed by atoms with Crippen molar-refractivity contribution in [2.24, 2.45) is 0 Å². The third-order valence-corrected chi connectivity index (χ3v) is 5.25. The van der Waals surface area contributed by atoms with Crippen LogP contribution in [0.5, 0.6) is 0 Å². The van der Waals surface area contributed by atoms with Crippen LogP contribution >= 0.6 is 11.3 Å². The van der Waals surface area contributed by atoms with Gasteiger partial charge in [0, 0.05) is 35.4 Å². The Bertz CT molecular complexity index is 907. The lowest BCUT2D eigenvalue weighted by molar-refractivity contribution is 0.635. The summed E-state index contributed by atoms with van der Waals surface area (Å²) >= 11 is 1.80. The van der Waals surface area contributed by atoms with Crippen molar-refractivity contribution in [1.29, 1.82) is 0 Å². The molecule has 0 aliphatic carbocycles. The molecule has 0 radical (unpaired) electrons. The molecule has 23 heavy (non-hydrogen) atoms. The summed E-state index contributed by atoms with van der Waals surface area (Å²) in [4.78, 5) is 8.77. The van der Waals surface area contributed by atoms with Crippen molar-refractivity contribution in [1.82, 2.24) is 14.5 Å². The van der Waals surface area contributed by atoms with Crippen LogP contribution in [0.1, 0.15) is 29.8 Å². The Labute approximate surface area is 139 Å². The molecule has 4 heteroatoms. The van der Waals surface area contributed by atoms with Crippen molar-refractivity contribution in [3.63, 3.8) is 0 Å². The summed E-state index contributed by atoms with van der Waals surface area (Å²) in [5, 5.41) is 3.59. The Morgan fingerprint density at radius 2 is 2.09 bits per heavy atom. The van der Waals surface area contributed by atoms with E-state index in [1.165, 1.54) is 21.2 Å². The topological polar surface area (TPSA) is 30.7 Å². The van der Waals surface area contributed by atoms with Crippen LogP contribution in [0.4, 0.5) is 0 Å². The number of aromatic nitrogens is 3. The maximum Gasteiger partial charge on any atom is 0.0951 e. The third kappa shape index (κ3) is 2.78. The smallest absolute Gasteiger partial charge is 0.0951 e. The number of nitrogens with zero attached hydrogens (tertiary/aromatic N) is 3. The van der Waals surface area contributed by atoms with Gasteiger partial charge in [0.05, 0.1) is 12.4 Å². The zero-order chi connectivity index (χ0) is 15.6. The Kier molecular flexibility index (Phi) is 3.67. The molecule has 3 heterocycles. The number of hydrogen-bond acceptors (Lipinski definition) is 3. The Hall–Kier alpha value is -2.46. The first-order valence-electron chi connectivity index (χ1n) is 7.68. The summed E-state index contributed by atoms with van der Waals surface area (Å²) in [5.74, 6) is 0. The highest BCUT2D eigenvalue weighted by atomic mass is 32.1. The first kappa shape index (κ1) is 14.2. The molecule has 0 N–H and O–H groups in total. The quantitative estimate of drug-likeness (QED) is 0.546. The Morgan fingerprint density at radius 1 is 1.17 bits per heavy atom. The Morgan fingerprint density at radius 3 is 2.87 bits per heavy atom. The lowest BCUT2D eigenvalue weighted by atomic mass is 10.1. The molecule has 3 nitrogen and oxygen atoms in total. The molecule has 0 saturated heterocycles. The van der Waals surface area contributed by atoms with Crippen molar-refractivity contribution in [3.05, 3.63) is 83.5 Å². The normalized spacial score (nSPS) is 12.6. The van der Waals surface area contributed by atoms with Gasteiger partial charge in [-0.25, -0.2) is 4.98 Å². The minimum Gasteiger partial charge on any atom is -0.330 e. The van der Waals surface area contributed by atoms with Crippen LogP contribution in [0.2, 0.25) is 0 Å². The summed E-state index contributed by atoms with van der Waals surface area (Å²) in [6.45, 7) is 2.16. The van der Waals surface area contributed by atoms with E-state index in [9.17, 15) is 0 Å². The average Bonchev–Trinajstić information content (AvgIpc) is 3.25. The molecular weight excluding hydrogens is 302 g/mol. The molecule has 0 spiro atoms. The summed E-state index contributed by atoms with van der Waals surface area (Å²) in [6.07, 6.45) is 8.49. The molecule has 0 aliphatic rings. The van der Waals surface area contributed by atoms with Crippen LogP contribution in [0.25, 0.3) is 10.1 Å². The van der Waals surface area contributed by atoms with Crippen molar-refractivity contribution in [3.8, 4) is 0 Å². The van der Waals surface area contributed by atoms with Gasteiger partial charge in [-0.15, -0.1) is 11.3 Å². The van der Waals surface area contributed by atoms with Gasteiger partial charge in [-0.05, 0) is 40.9 Å². The van der Waals surface area contributed by atoms with E-state index in [-0.39, 0.29) is 6.04 Å². The highest BCUT2D eigenvalue weighted by Crippen LogP contribution is 2.27. The van der Waals surface area contributed by atoms with Gasteiger partial charge in [-0.2, -0.15) is 0 Å². The van der Waals surface area contributed by atoms with Crippen LogP contribution in [0.3, 0.4) is 0 Å². The number of imidazole rings is 1. The first-order valence-corrected chi connectivity index (χ1v) is 8.56. The fraction of sp³-hybridized carbons (Fsp3) is 0.158. The monoisotopic (exact) mass is 319 g/mol. The molecule has 4 aromatic rings. The van der Waals surface area contributed by atoms with Crippen molar-refractivity contribution in [2.75, 3.05) is 0 Å². The number of hydrogen-bond donors (Lipinski definition) is 0. The predicted molar refractivity (Wildman–Crippen MR) is 94.9 cm³/mol. The number of benzene rings is 1. The van der Waals surface area contributed by atoms with Crippen LogP contribution in [0.15, 0.2) is 66.7 Å². The fourth-order valence-electron chi connectivity index (χ4n) is 2.82. The molecule has 0 fully saturated rings. The highest BCUT2D eigenvalue weighted by Gasteiger charge is 2.09. The highest BCUT2D eigenvalue weighted by molar-refractivity contribution is 7.17. The molecule has 4 rings (SSSR count). The maximum atomic E-state index is 4.66. The summed E-state index contributed by atoms with van der Waals surface area (Å²) < 4.78 is 3.43. The van der Waals surface area contributed by atoms with Gasteiger partial charge in [-0.3, -0.25) is 4.98 Å². The second-order valence-corrected chi connectivity index (χ2v) is 6.61. The molecule has 1 aromatic carbocycles. The lowest BCUT2D eigenvalue weighted by Crippen LogP contribution is -2.05. The standard InChI is InChI=1S/C19H17N3S/c1-14(22-9-8-20-13-22)15-6-7-17(21-11-15)10-16-12-23-19-5-3-2-4-18(16)19/h2-9,11-14H,10H2,1H3. The zero-order valence-electron chi connectivity index (χ0n) is 12.9. The van der Waals surface area contributed by atoms with E-state index in [1.54, 1.807) is 17.5 Å². The van der Waals surface area contributed by atoms with Gasteiger partial charge < -0.3 is 4.57 Å². The molecular formula is C19H17N3S. The largest absolute Gasteiger partial charge is 0.330 e. The van der Waals surface area contributed by atoms with E-state index in [1.807, 2.05) is 18.7 Å². The van der Waals surface area contributed by atoms with Gasteiger partial charge in [0.25, 0.3) is 0 Å². The zero-order valence-corrected chi connectivity index (χ0v) is 13.7. The molecule has 0 aliphatic heterocycles. The van der Waals surface area contributed by atoms with Crippen LogP contribution in [-0.2, 0) is 6.42 Å². The number of pyridine rings is 1. The van der Waals surface area contributed by atoms with E-state index < -0.39 is 0 Å². The SMILES string of the molecule is CC(c1ccc(Cc2csc3ccccc23)nc1)n1ccnc1. The lowest BCUT2D eigenvalue weighted by Gasteiger charge is -2.13. The van der Waals surface area contributed by atoms with E-state index in [0.717, 1.165) is 12.1 Å². The van der Waals surface area contributed by atoms with Crippen molar-refractivity contribution < 1.29 is 0 Å². The fourth-order valence-corrected chi connectivity index (χ4v) is 3.79. The second kappa shape index (κ2) is 5.97. The summed E-state index contributed by atoms with van der Waals surface area (Å²) in [5.41, 5.74) is 3.66. The van der Waals surface area contributed by atoms with Crippen LogP contribution in [-0.4, -0.2) is 14.5 Å². The molecule has 0 amide bonds. The molecule has 0 saturated carbocycles. The van der Waals surface area contributed by atoms with Gasteiger partial charge in [0.2, 0.25) is 0 Å². The molecule has 0 bridgehead atoms. The Balaban J connectivity index is 1.56. The molecule has 3 aromatic heterocycles. The first-order chi connectivity index (χ1) is 11.3. The third-order valence-electron chi connectivity index (χ3n) is 4.23. The molecule has 114 valence electrons. The van der Waals surface area contributed by atoms with Crippen LogP contribution < -0.4 is 0 Å².